The molecule has 6 heteroatoms. The van der Waals surface area contributed by atoms with Gasteiger partial charge in [-0.2, -0.15) is 0 Å². The van der Waals surface area contributed by atoms with Gasteiger partial charge in [0.05, 0.1) is 6.54 Å². The molecule has 3 N–H and O–H groups in total. The van der Waals surface area contributed by atoms with Crippen LogP contribution in [0.1, 0.15) is 39.5 Å². The average molecular weight is 271 g/mol. The van der Waals surface area contributed by atoms with E-state index in [0.717, 1.165) is 38.8 Å². The van der Waals surface area contributed by atoms with Crippen molar-refractivity contribution in [2.75, 3.05) is 19.6 Å². The Morgan fingerprint density at radius 2 is 1.53 bits per heavy atom. The molecule has 2 amide bonds. The summed E-state index contributed by atoms with van der Waals surface area (Å²) < 4.78 is 0. The number of hydrogen-bond donors (Lipinski definition) is 3. The van der Waals surface area contributed by atoms with Gasteiger partial charge in [0.25, 0.3) is 0 Å². The first-order valence-corrected chi connectivity index (χ1v) is 7.06. The molecule has 0 aromatic heterocycles. The third kappa shape index (κ3) is 5.92. The van der Waals surface area contributed by atoms with Crippen molar-refractivity contribution in [1.29, 1.82) is 0 Å². The molecule has 0 unspecified atom stereocenters. The first kappa shape index (κ1) is 15.8. The Morgan fingerprint density at radius 1 is 1.05 bits per heavy atom. The molecular formula is C13H25N3O3. The van der Waals surface area contributed by atoms with Gasteiger partial charge in [0, 0.05) is 12.1 Å². The maximum atomic E-state index is 11.8. The van der Waals surface area contributed by atoms with Gasteiger partial charge in [-0.15, -0.1) is 0 Å². The van der Waals surface area contributed by atoms with Gasteiger partial charge in [0.15, 0.2) is 0 Å². The molecule has 0 aromatic rings. The van der Waals surface area contributed by atoms with Crippen LogP contribution in [0.25, 0.3) is 0 Å². The van der Waals surface area contributed by atoms with Crippen LogP contribution in [0.4, 0.5) is 4.79 Å². The van der Waals surface area contributed by atoms with Crippen LogP contribution in [0.2, 0.25) is 0 Å². The quantitative estimate of drug-likeness (QED) is 0.674. The second-order valence-electron chi connectivity index (χ2n) is 5.03. The zero-order valence-corrected chi connectivity index (χ0v) is 11.8. The molecule has 0 heterocycles. The summed E-state index contributed by atoms with van der Waals surface area (Å²) in [6.07, 6.45) is 2.31. The number of nitrogens with zero attached hydrogens (tertiary/aromatic N) is 1. The second kappa shape index (κ2) is 7.99. The fourth-order valence-corrected chi connectivity index (χ4v) is 2.48. The van der Waals surface area contributed by atoms with Crippen molar-refractivity contribution in [3.63, 3.8) is 0 Å². The van der Waals surface area contributed by atoms with Gasteiger partial charge in [-0.25, -0.2) is 4.79 Å². The molecule has 1 rings (SSSR count). The maximum Gasteiger partial charge on any atom is 0.404 e. The number of hydrogen-bond acceptors (Lipinski definition) is 3. The molecule has 0 saturated heterocycles. The van der Waals surface area contributed by atoms with Gasteiger partial charge >= 0.3 is 6.09 Å². The van der Waals surface area contributed by atoms with Crippen LogP contribution in [0.5, 0.6) is 0 Å². The Kier molecular flexibility index (Phi) is 6.62. The highest BCUT2D eigenvalue weighted by molar-refractivity contribution is 5.78. The average Bonchev–Trinajstić information content (AvgIpc) is 2.37. The maximum absolute atomic E-state index is 11.8. The number of rotatable bonds is 6. The summed E-state index contributed by atoms with van der Waals surface area (Å²) in [5, 5.41) is 14.2. The second-order valence-corrected chi connectivity index (χ2v) is 5.03. The molecule has 1 saturated carbocycles. The summed E-state index contributed by atoms with van der Waals surface area (Å²) in [5.74, 6) is 0.0679. The van der Waals surface area contributed by atoms with E-state index in [9.17, 15) is 9.59 Å². The lowest BCUT2D eigenvalue weighted by molar-refractivity contribution is -0.123. The highest BCUT2D eigenvalue weighted by Crippen LogP contribution is 2.18. The van der Waals surface area contributed by atoms with Crippen molar-refractivity contribution < 1.29 is 14.7 Å². The smallest absolute Gasteiger partial charge is 0.404 e. The minimum atomic E-state index is -0.964. The van der Waals surface area contributed by atoms with Gasteiger partial charge < -0.3 is 15.7 Å². The summed E-state index contributed by atoms with van der Waals surface area (Å²) in [6, 6.07) is 0.225. The topological polar surface area (TPSA) is 81.7 Å². The van der Waals surface area contributed by atoms with Crippen LogP contribution in [-0.4, -0.2) is 53.7 Å². The lowest BCUT2D eigenvalue weighted by Crippen LogP contribution is -2.46. The highest BCUT2D eigenvalue weighted by atomic mass is 16.4. The SMILES string of the molecule is CCN(CC)CC(=O)NC1CCC(NC(=O)O)CC1. The summed E-state index contributed by atoms with van der Waals surface area (Å²) >= 11 is 0. The van der Waals surface area contributed by atoms with Crippen molar-refractivity contribution in [2.45, 2.75) is 51.6 Å². The van der Waals surface area contributed by atoms with E-state index in [1.165, 1.54) is 0 Å². The Bertz CT molecular complexity index is 298. The van der Waals surface area contributed by atoms with Gasteiger partial charge in [-0.1, -0.05) is 13.8 Å². The Morgan fingerprint density at radius 3 is 1.95 bits per heavy atom. The molecule has 0 bridgehead atoms. The van der Waals surface area contributed by atoms with Gasteiger partial charge in [0.1, 0.15) is 0 Å². The van der Waals surface area contributed by atoms with E-state index in [2.05, 4.69) is 15.5 Å². The van der Waals surface area contributed by atoms with Crippen molar-refractivity contribution in [1.82, 2.24) is 15.5 Å². The highest BCUT2D eigenvalue weighted by Gasteiger charge is 2.23. The molecule has 19 heavy (non-hydrogen) atoms. The fourth-order valence-electron chi connectivity index (χ4n) is 2.48. The summed E-state index contributed by atoms with van der Waals surface area (Å²) in [4.78, 5) is 24.4. The molecule has 0 aromatic carbocycles. The predicted octanol–water partition coefficient (Wildman–Crippen LogP) is 1.02. The number of carboxylic acid groups (broad SMARTS) is 1. The zero-order valence-electron chi connectivity index (χ0n) is 11.8. The van der Waals surface area contributed by atoms with Crippen LogP contribution >= 0.6 is 0 Å². The molecule has 0 atom stereocenters. The minimum absolute atomic E-state index is 0.0356. The van der Waals surface area contributed by atoms with Crippen LogP contribution in [0.3, 0.4) is 0 Å². The first-order valence-electron chi connectivity index (χ1n) is 7.06. The molecule has 1 fully saturated rings. The molecule has 0 spiro atoms. The number of carbonyl (C=O) groups is 2. The number of amides is 2. The Balaban J connectivity index is 2.25. The summed E-state index contributed by atoms with van der Waals surface area (Å²) in [5.41, 5.74) is 0. The molecule has 6 nitrogen and oxygen atoms in total. The predicted molar refractivity (Wildman–Crippen MR) is 73.1 cm³/mol. The van der Waals surface area contributed by atoms with Gasteiger partial charge in [-0.3, -0.25) is 9.69 Å². The van der Waals surface area contributed by atoms with Crippen LogP contribution in [0, 0.1) is 0 Å². The largest absolute Gasteiger partial charge is 0.465 e. The van der Waals surface area contributed by atoms with E-state index in [-0.39, 0.29) is 18.0 Å². The molecule has 1 aliphatic carbocycles. The Hall–Kier alpha value is -1.30. The normalized spacial score (nSPS) is 23.1. The fraction of sp³-hybridized carbons (Fsp3) is 0.846. The molecule has 110 valence electrons. The third-order valence-electron chi connectivity index (χ3n) is 3.68. The monoisotopic (exact) mass is 271 g/mol. The zero-order chi connectivity index (χ0) is 14.3. The van der Waals surface area contributed by atoms with Crippen LogP contribution in [0.15, 0.2) is 0 Å². The number of nitrogens with one attached hydrogen (secondary N) is 2. The summed E-state index contributed by atoms with van der Waals surface area (Å²) in [6.45, 7) is 6.28. The standard InChI is InChI=1S/C13H25N3O3/c1-3-16(4-2)9-12(17)14-10-5-7-11(8-6-10)15-13(18)19/h10-11,15H,3-9H2,1-2H3,(H,14,17)(H,18,19). The van der Waals surface area contributed by atoms with E-state index in [1.54, 1.807) is 0 Å². The van der Waals surface area contributed by atoms with E-state index in [1.807, 2.05) is 13.8 Å². The lowest BCUT2D eigenvalue weighted by Gasteiger charge is -2.29. The van der Waals surface area contributed by atoms with Crippen LogP contribution < -0.4 is 10.6 Å². The van der Waals surface area contributed by atoms with Crippen molar-refractivity contribution in [3.8, 4) is 0 Å². The number of carbonyl (C=O) groups excluding carboxylic acids is 1. The van der Waals surface area contributed by atoms with Crippen molar-refractivity contribution >= 4 is 12.0 Å². The summed E-state index contributed by atoms with van der Waals surface area (Å²) in [7, 11) is 0. The van der Waals surface area contributed by atoms with Crippen molar-refractivity contribution in [3.05, 3.63) is 0 Å². The van der Waals surface area contributed by atoms with E-state index < -0.39 is 6.09 Å². The minimum Gasteiger partial charge on any atom is -0.465 e. The van der Waals surface area contributed by atoms with E-state index in [4.69, 9.17) is 5.11 Å². The number of likely N-dealkylation sites (N-methyl/N-ethyl adjacent to an activating group) is 1. The van der Waals surface area contributed by atoms with Crippen molar-refractivity contribution in [2.24, 2.45) is 0 Å². The molecule has 1 aliphatic rings. The van der Waals surface area contributed by atoms with Gasteiger partial charge in [-0.05, 0) is 38.8 Å². The molecular weight excluding hydrogens is 246 g/mol. The van der Waals surface area contributed by atoms with E-state index in [0.29, 0.717) is 6.54 Å². The Labute approximate surface area is 114 Å². The third-order valence-corrected chi connectivity index (χ3v) is 3.68. The molecule has 0 aliphatic heterocycles. The molecule has 0 radical (unpaired) electrons. The van der Waals surface area contributed by atoms with E-state index >= 15 is 0 Å². The van der Waals surface area contributed by atoms with Crippen LogP contribution in [-0.2, 0) is 4.79 Å². The van der Waals surface area contributed by atoms with Gasteiger partial charge in [0.2, 0.25) is 5.91 Å². The first-order chi connectivity index (χ1) is 9.05. The lowest BCUT2D eigenvalue weighted by atomic mass is 9.91.